The highest BCUT2D eigenvalue weighted by Gasteiger charge is 2.20. The monoisotopic (exact) mass is 314 g/mol. The number of hydrogen-bond acceptors (Lipinski definition) is 3. The van der Waals surface area contributed by atoms with Gasteiger partial charge in [-0.2, -0.15) is 11.3 Å². The van der Waals surface area contributed by atoms with Crippen molar-refractivity contribution in [1.29, 1.82) is 0 Å². The van der Waals surface area contributed by atoms with Crippen molar-refractivity contribution in [3.8, 4) is 0 Å². The molecule has 0 fully saturated rings. The number of rotatable bonds is 1. The predicted octanol–water partition coefficient (Wildman–Crippen LogP) is 4.06. The number of hydrogen-bond donors (Lipinski definition) is 0. The summed E-state index contributed by atoms with van der Waals surface area (Å²) in [6, 6.07) is 7.30. The molecule has 0 radical (unpaired) electrons. The van der Waals surface area contributed by atoms with Crippen LogP contribution in [0.2, 0.25) is 5.02 Å². The van der Waals surface area contributed by atoms with E-state index in [1.807, 2.05) is 5.38 Å². The average molecular weight is 315 g/mol. The van der Waals surface area contributed by atoms with E-state index >= 15 is 0 Å². The second-order valence-electron chi connectivity index (χ2n) is 5.03. The molecule has 3 nitrogen and oxygen atoms in total. The summed E-state index contributed by atoms with van der Waals surface area (Å²) in [7, 11) is 0. The van der Waals surface area contributed by atoms with Crippen LogP contribution >= 0.6 is 22.9 Å². The average Bonchev–Trinajstić information content (AvgIpc) is 3.10. The van der Waals surface area contributed by atoms with Crippen LogP contribution in [0.3, 0.4) is 0 Å². The maximum absolute atomic E-state index is 12.5. The van der Waals surface area contributed by atoms with Crippen LogP contribution < -0.4 is 5.56 Å². The van der Waals surface area contributed by atoms with Crippen molar-refractivity contribution < 1.29 is 0 Å². The minimum atomic E-state index is 0.0142. The van der Waals surface area contributed by atoms with E-state index in [1.165, 1.54) is 0 Å². The third-order valence-electron chi connectivity index (χ3n) is 3.69. The molecule has 0 saturated carbocycles. The molecule has 1 aromatic carbocycles. The molecule has 0 N–H and O–H groups in total. The number of nitrogens with zero attached hydrogens (tertiary/aromatic N) is 2. The topological polar surface area (TPSA) is 34.9 Å². The molecule has 0 atom stereocenters. The van der Waals surface area contributed by atoms with Gasteiger partial charge in [-0.1, -0.05) is 11.6 Å². The van der Waals surface area contributed by atoms with Gasteiger partial charge in [0, 0.05) is 11.6 Å². The van der Waals surface area contributed by atoms with Crippen LogP contribution in [0.15, 0.2) is 39.8 Å². The van der Waals surface area contributed by atoms with E-state index < -0.39 is 0 Å². The molecule has 0 bridgehead atoms. The molecule has 5 heteroatoms. The third kappa shape index (κ3) is 2.11. The van der Waals surface area contributed by atoms with Crippen LogP contribution in [0.4, 0.5) is 0 Å². The Morgan fingerprint density at radius 3 is 3.05 bits per heavy atom. The fourth-order valence-corrected chi connectivity index (χ4v) is 3.47. The molecule has 0 saturated heterocycles. The smallest absolute Gasteiger partial charge is 0.261 e. The Kier molecular flexibility index (Phi) is 2.94. The molecule has 21 heavy (non-hydrogen) atoms. The molecule has 3 aromatic rings. The zero-order valence-electron chi connectivity index (χ0n) is 11.0. The molecule has 4 rings (SSSR count). The number of fused-ring (bicyclic) bond motifs is 2. The molecule has 104 valence electrons. The van der Waals surface area contributed by atoms with Gasteiger partial charge in [-0.3, -0.25) is 9.36 Å². The Bertz CT molecular complexity index is 925. The second-order valence-corrected chi connectivity index (χ2v) is 6.25. The third-order valence-corrected chi connectivity index (χ3v) is 4.63. The van der Waals surface area contributed by atoms with Crippen LogP contribution in [-0.2, 0) is 6.54 Å². The summed E-state index contributed by atoms with van der Waals surface area (Å²) in [6.45, 7) is 0.690. The summed E-state index contributed by atoms with van der Waals surface area (Å²) >= 11 is 7.67. The summed E-state index contributed by atoms with van der Waals surface area (Å²) in [5.41, 5.74) is 2.94. The summed E-state index contributed by atoms with van der Waals surface area (Å²) in [5, 5.41) is 5.36. The van der Waals surface area contributed by atoms with Gasteiger partial charge < -0.3 is 0 Å². The maximum Gasteiger partial charge on any atom is 0.261 e. The fraction of sp³-hybridized carbons (Fsp3) is 0.125. The Balaban J connectivity index is 1.96. The molecule has 0 aliphatic carbocycles. The molecule has 2 aromatic heterocycles. The highest BCUT2D eigenvalue weighted by Crippen LogP contribution is 2.28. The summed E-state index contributed by atoms with van der Waals surface area (Å²) in [4.78, 5) is 17.2. The Morgan fingerprint density at radius 1 is 1.33 bits per heavy atom. The highest BCUT2D eigenvalue weighted by atomic mass is 35.5. The molecule has 0 spiro atoms. The van der Waals surface area contributed by atoms with Gasteiger partial charge >= 0.3 is 0 Å². The molecule has 0 unspecified atom stereocenters. The summed E-state index contributed by atoms with van der Waals surface area (Å²) in [5.74, 6) is 0.765. The van der Waals surface area contributed by atoms with Crippen molar-refractivity contribution in [3.63, 3.8) is 0 Å². The van der Waals surface area contributed by atoms with E-state index in [9.17, 15) is 4.79 Å². The van der Waals surface area contributed by atoms with Gasteiger partial charge in [0.2, 0.25) is 0 Å². The first-order chi connectivity index (χ1) is 10.2. The van der Waals surface area contributed by atoms with E-state index in [0.29, 0.717) is 22.5 Å². The van der Waals surface area contributed by atoms with Gasteiger partial charge in [-0.25, -0.2) is 4.98 Å². The number of allylic oxidation sites excluding steroid dienone is 1. The van der Waals surface area contributed by atoms with Crippen LogP contribution in [0, 0.1) is 0 Å². The van der Waals surface area contributed by atoms with Gasteiger partial charge in [0.25, 0.3) is 5.56 Å². The van der Waals surface area contributed by atoms with E-state index in [0.717, 1.165) is 23.4 Å². The van der Waals surface area contributed by atoms with Crippen molar-refractivity contribution >= 4 is 45.5 Å². The number of aromatic nitrogens is 2. The lowest BCUT2D eigenvalue weighted by molar-refractivity contribution is 0.725. The van der Waals surface area contributed by atoms with Crippen LogP contribution in [0.1, 0.15) is 17.8 Å². The highest BCUT2D eigenvalue weighted by molar-refractivity contribution is 7.08. The van der Waals surface area contributed by atoms with Crippen LogP contribution in [0.5, 0.6) is 0 Å². The largest absolute Gasteiger partial charge is 0.292 e. The van der Waals surface area contributed by atoms with Crippen molar-refractivity contribution in [2.24, 2.45) is 0 Å². The molecular formula is C16H11ClN2OS. The normalized spacial score (nSPS) is 15.8. The molecule has 0 amide bonds. The van der Waals surface area contributed by atoms with E-state index in [4.69, 9.17) is 11.6 Å². The first kappa shape index (κ1) is 12.8. The molecular weight excluding hydrogens is 304 g/mol. The van der Waals surface area contributed by atoms with Crippen LogP contribution in [0.25, 0.3) is 22.6 Å². The SMILES string of the molecule is O=c1c2ccc(Cl)cc2nc2n1CC/C2=C/c1ccsc1. The summed E-state index contributed by atoms with van der Waals surface area (Å²) < 4.78 is 1.76. The first-order valence-corrected chi connectivity index (χ1v) is 7.98. The number of halogens is 1. The number of thiophene rings is 1. The van der Waals surface area contributed by atoms with Gasteiger partial charge in [0.1, 0.15) is 5.82 Å². The lowest BCUT2D eigenvalue weighted by Gasteiger charge is -2.05. The van der Waals surface area contributed by atoms with Crippen molar-refractivity contribution in [3.05, 3.63) is 61.8 Å². The van der Waals surface area contributed by atoms with Crippen molar-refractivity contribution in [1.82, 2.24) is 9.55 Å². The zero-order chi connectivity index (χ0) is 14.4. The minimum Gasteiger partial charge on any atom is -0.292 e. The molecule has 1 aliphatic rings. The first-order valence-electron chi connectivity index (χ1n) is 6.65. The fourth-order valence-electron chi connectivity index (χ4n) is 2.69. The maximum atomic E-state index is 12.5. The van der Waals surface area contributed by atoms with Gasteiger partial charge in [0.05, 0.1) is 10.9 Å². The molecule has 3 heterocycles. The van der Waals surface area contributed by atoms with Crippen molar-refractivity contribution in [2.75, 3.05) is 0 Å². The number of benzene rings is 1. The lowest BCUT2D eigenvalue weighted by Crippen LogP contribution is -2.20. The zero-order valence-corrected chi connectivity index (χ0v) is 12.6. The second kappa shape index (κ2) is 4.83. The quantitative estimate of drug-likeness (QED) is 0.679. The minimum absolute atomic E-state index is 0.0142. The molecule has 1 aliphatic heterocycles. The predicted molar refractivity (Wildman–Crippen MR) is 87.8 cm³/mol. The van der Waals surface area contributed by atoms with E-state index in [1.54, 1.807) is 34.1 Å². The lowest BCUT2D eigenvalue weighted by atomic mass is 10.1. The van der Waals surface area contributed by atoms with Gasteiger partial charge in [-0.15, -0.1) is 0 Å². The van der Waals surface area contributed by atoms with E-state index in [-0.39, 0.29) is 5.56 Å². The Labute approximate surface area is 130 Å². The van der Waals surface area contributed by atoms with E-state index in [2.05, 4.69) is 22.5 Å². The van der Waals surface area contributed by atoms with Crippen molar-refractivity contribution in [2.45, 2.75) is 13.0 Å². The Hall–Kier alpha value is -1.91. The summed E-state index contributed by atoms with van der Waals surface area (Å²) in [6.07, 6.45) is 2.94. The van der Waals surface area contributed by atoms with Crippen LogP contribution in [-0.4, -0.2) is 9.55 Å². The van der Waals surface area contributed by atoms with Gasteiger partial charge in [0.15, 0.2) is 0 Å². The standard InChI is InChI=1S/C16H11ClN2OS/c17-12-1-2-13-14(8-12)18-15-11(3-5-19(15)16(13)20)7-10-4-6-21-9-10/h1-2,4,6-9H,3,5H2/b11-7-. The Morgan fingerprint density at radius 2 is 2.24 bits per heavy atom. The van der Waals surface area contributed by atoms with Gasteiger partial charge in [-0.05, 0) is 58.7 Å².